The van der Waals surface area contributed by atoms with Gasteiger partial charge in [-0.15, -0.1) is 0 Å². The minimum atomic E-state index is -4.76. The molecule has 1 aliphatic heterocycles. The summed E-state index contributed by atoms with van der Waals surface area (Å²) in [5.41, 5.74) is 1.74. The third-order valence-electron chi connectivity index (χ3n) is 4.28. The van der Waals surface area contributed by atoms with E-state index in [0.29, 0.717) is 23.7 Å². The summed E-state index contributed by atoms with van der Waals surface area (Å²) in [6.45, 7) is 0.965. The Morgan fingerprint density at radius 2 is 2.04 bits per heavy atom. The molecule has 28 heavy (non-hydrogen) atoms. The first kappa shape index (κ1) is 21.7. The highest BCUT2D eigenvalue weighted by atomic mass is 19.4. The molecular formula is C18H24F3N5O2. The number of benzene rings is 1. The first-order valence-electron chi connectivity index (χ1n) is 8.73. The zero-order valence-corrected chi connectivity index (χ0v) is 15.8. The van der Waals surface area contributed by atoms with E-state index in [1.54, 1.807) is 0 Å². The molecule has 1 heterocycles. The van der Waals surface area contributed by atoms with Crippen LogP contribution in [-0.2, 0) is 11.3 Å². The van der Waals surface area contributed by atoms with Crippen molar-refractivity contribution in [3.8, 4) is 5.75 Å². The summed E-state index contributed by atoms with van der Waals surface area (Å²) >= 11 is 0. The highest BCUT2D eigenvalue weighted by Gasteiger charge is 2.41. The number of piperazine rings is 1. The average Bonchev–Trinajstić information content (AvgIpc) is 2.61. The van der Waals surface area contributed by atoms with Crippen LogP contribution in [0.1, 0.15) is 12.0 Å². The number of halogens is 3. The second kappa shape index (κ2) is 9.05. The number of ether oxygens (including phenoxy) is 1. The summed E-state index contributed by atoms with van der Waals surface area (Å²) in [5.74, 6) is -1.13. The fourth-order valence-electron chi connectivity index (χ4n) is 2.90. The number of hydrogen-bond acceptors (Lipinski definition) is 6. The molecule has 154 valence electrons. The van der Waals surface area contributed by atoms with Crippen molar-refractivity contribution in [1.29, 1.82) is 10.8 Å². The molecule has 1 aromatic carbocycles. The number of amidine groups is 2. The lowest BCUT2D eigenvalue weighted by Crippen LogP contribution is -2.54. The molecule has 0 radical (unpaired) electrons. The summed E-state index contributed by atoms with van der Waals surface area (Å²) < 4.78 is 43.8. The van der Waals surface area contributed by atoms with E-state index in [1.165, 1.54) is 0 Å². The van der Waals surface area contributed by atoms with Crippen molar-refractivity contribution in [2.45, 2.75) is 19.1 Å². The second-order valence-electron chi connectivity index (χ2n) is 6.66. The molecule has 1 fully saturated rings. The van der Waals surface area contributed by atoms with Crippen LogP contribution in [-0.4, -0.2) is 74.3 Å². The molecule has 1 aromatic rings. The van der Waals surface area contributed by atoms with Crippen LogP contribution in [0.2, 0.25) is 0 Å². The standard InChI is InChI=1S/C18H24F3N5O2/c1-24(2)14-5-4-13(10-15(14)28-9-3-8-27)11-25-6-7-26(16(22)12-25)17(23)18(19,20)21/h4-5,8,10,22-23H,3,6-7,9,11-12H2,1-2H3. The molecule has 0 amide bonds. The Labute approximate surface area is 161 Å². The van der Waals surface area contributed by atoms with Gasteiger partial charge in [0.05, 0.1) is 18.8 Å². The zero-order chi connectivity index (χ0) is 20.9. The van der Waals surface area contributed by atoms with Gasteiger partial charge in [0.2, 0.25) is 5.84 Å². The quantitative estimate of drug-likeness (QED) is 0.318. The van der Waals surface area contributed by atoms with Crippen LogP contribution in [0.3, 0.4) is 0 Å². The third kappa shape index (κ3) is 5.44. The van der Waals surface area contributed by atoms with Gasteiger partial charge < -0.3 is 19.3 Å². The van der Waals surface area contributed by atoms with Crippen LogP contribution in [0, 0.1) is 10.8 Å². The molecule has 0 unspecified atom stereocenters. The second-order valence-corrected chi connectivity index (χ2v) is 6.66. The molecular weight excluding hydrogens is 375 g/mol. The smallest absolute Gasteiger partial charge is 0.449 e. The Balaban J connectivity index is 2.06. The molecule has 0 spiro atoms. The molecule has 0 bridgehead atoms. The first-order valence-corrected chi connectivity index (χ1v) is 8.73. The molecule has 10 heteroatoms. The highest BCUT2D eigenvalue weighted by Crippen LogP contribution is 2.29. The summed E-state index contributed by atoms with van der Waals surface area (Å²) in [6, 6.07) is 5.62. The Hall–Kier alpha value is -2.62. The predicted molar refractivity (Wildman–Crippen MR) is 100 cm³/mol. The van der Waals surface area contributed by atoms with Gasteiger partial charge in [0, 0.05) is 40.2 Å². The molecule has 7 nitrogen and oxygen atoms in total. The SMILES string of the molecule is CN(C)c1ccc(CN2CCN(C(=N)C(F)(F)F)C(=N)C2)cc1OCCC=O. The van der Waals surface area contributed by atoms with Crippen LogP contribution < -0.4 is 9.64 Å². The first-order chi connectivity index (χ1) is 13.1. The van der Waals surface area contributed by atoms with Crippen molar-refractivity contribution in [2.24, 2.45) is 0 Å². The summed E-state index contributed by atoms with van der Waals surface area (Å²) in [4.78, 5) is 14.9. The number of carbonyl (C=O) groups excluding carboxylic acids is 1. The number of rotatable bonds is 7. The lowest BCUT2D eigenvalue weighted by atomic mass is 10.1. The van der Waals surface area contributed by atoms with Crippen LogP contribution in [0.25, 0.3) is 0 Å². The molecule has 2 N–H and O–H groups in total. The van der Waals surface area contributed by atoms with Crippen molar-refractivity contribution >= 4 is 23.6 Å². The van der Waals surface area contributed by atoms with Gasteiger partial charge in [-0.25, -0.2) is 0 Å². The molecule has 0 aromatic heterocycles. The monoisotopic (exact) mass is 399 g/mol. The minimum Gasteiger partial charge on any atom is -0.491 e. The van der Waals surface area contributed by atoms with Crippen molar-refractivity contribution in [3.63, 3.8) is 0 Å². The number of carbonyl (C=O) groups is 1. The topological polar surface area (TPSA) is 83.7 Å². The average molecular weight is 399 g/mol. The Morgan fingerprint density at radius 1 is 1.32 bits per heavy atom. The Kier molecular flexibility index (Phi) is 7.00. The van der Waals surface area contributed by atoms with E-state index >= 15 is 0 Å². The van der Waals surface area contributed by atoms with Gasteiger partial charge in [-0.2, -0.15) is 13.2 Å². The van der Waals surface area contributed by atoms with Crippen molar-refractivity contribution in [2.75, 3.05) is 45.2 Å². The van der Waals surface area contributed by atoms with Gasteiger partial charge in [0.25, 0.3) is 0 Å². The van der Waals surface area contributed by atoms with Gasteiger partial charge in [0.1, 0.15) is 17.9 Å². The molecule has 0 atom stereocenters. The largest absolute Gasteiger partial charge is 0.491 e. The van der Waals surface area contributed by atoms with E-state index in [1.807, 2.05) is 42.1 Å². The number of alkyl halides is 3. The highest BCUT2D eigenvalue weighted by molar-refractivity contribution is 6.01. The summed E-state index contributed by atoms with van der Waals surface area (Å²) in [6.07, 6.45) is -3.70. The molecule has 2 rings (SSSR count). The maximum Gasteiger partial charge on any atom is 0.449 e. The van der Waals surface area contributed by atoms with Crippen LogP contribution >= 0.6 is 0 Å². The maximum absolute atomic E-state index is 12.7. The number of nitrogens with one attached hydrogen (secondary N) is 2. The molecule has 0 aliphatic carbocycles. The third-order valence-corrected chi connectivity index (χ3v) is 4.28. The molecule has 0 saturated carbocycles. The van der Waals surface area contributed by atoms with E-state index in [-0.39, 0.29) is 32.0 Å². The van der Waals surface area contributed by atoms with Gasteiger partial charge in [-0.05, 0) is 17.7 Å². The van der Waals surface area contributed by atoms with E-state index in [2.05, 4.69) is 0 Å². The van der Waals surface area contributed by atoms with Crippen LogP contribution in [0.15, 0.2) is 18.2 Å². The van der Waals surface area contributed by atoms with Crippen molar-refractivity contribution < 1.29 is 22.7 Å². The number of anilines is 1. The van der Waals surface area contributed by atoms with Crippen molar-refractivity contribution in [1.82, 2.24) is 9.80 Å². The number of hydrogen-bond donors (Lipinski definition) is 2. The zero-order valence-electron chi connectivity index (χ0n) is 15.8. The fourth-order valence-corrected chi connectivity index (χ4v) is 2.90. The lowest BCUT2D eigenvalue weighted by molar-refractivity contribution is -0.108. The van der Waals surface area contributed by atoms with E-state index in [0.717, 1.165) is 17.5 Å². The number of aldehydes is 1. The lowest BCUT2D eigenvalue weighted by Gasteiger charge is -2.36. The van der Waals surface area contributed by atoms with Gasteiger partial charge in [-0.1, -0.05) is 6.07 Å². The van der Waals surface area contributed by atoms with E-state index in [4.69, 9.17) is 15.6 Å². The molecule has 1 saturated heterocycles. The summed E-state index contributed by atoms with van der Waals surface area (Å²) in [7, 11) is 3.75. The fraction of sp³-hybridized carbons (Fsp3) is 0.500. The van der Waals surface area contributed by atoms with Crippen LogP contribution in [0.4, 0.5) is 18.9 Å². The Bertz CT molecular complexity index is 736. The Morgan fingerprint density at radius 3 is 2.61 bits per heavy atom. The van der Waals surface area contributed by atoms with E-state index < -0.39 is 12.0 Å². The number of nitrogens with zero attached hydrogens (tertiary/aromatic N) is 3. The predicted octanol–water partition coefficient (Wildman–Crippen LogP) is 2.35. The van der Waals surface area contributed by atoms with Crippen molar-refractivity contribution in [3.05, 3.63) is 23.8 Å². The van der Waals surface area contributed by atoms with Crippen LogP contribution in [0.5, 0.6) is 5.75 Å². The van der Waals surface area contributed by atoms with Gasteiger partial charge in [-0.3, -0.25) is 15.7 Å². The van der Waals surface area contributed by atoms with Gasteiger partial charge in [0.15, 0.2) is 0 Å². The normalized spacial score (nSPS) is 15.5. The van der Waals surface area contributed by atoms with E-state index in [9.17, 15) is 18.0 Å². The van der Waals surface area contributed by atoms with Gasteiger partial charge >= 0.3 is 6.18 Å². The summed E-state index contributed by atoms with van der Waals surface area (Å²) in [5, 5.41) is 15.1. The molecule has 1 aliphatic rings. The maximum atomic E-state index is 12.7. The minimum absolute atomic E-state index is 0.0230.